The summed E-state index contributed by atoms with van der Waals surface area (Å²) in [6.07, 6.45) is 4.57. The average Bonchev–Trinajstić information content (AvgIpc) is 2.83. The quantitative estimate of drug-likeness (QED) is 0.776. The Kier molecular flexibility index (Phi) is 2.95. The van der Waals surface area contributed by atoms with Crippen molar-refractivity contribution in [1.82, 2.24) is 9.55 Å². The van der Waals surface area contributed by atoms with Crippen molar-refractivity contribution in [3.05, 3.63) is 60.2 Å². The molecule has 0 saturated carbocycles. The summed E-state index contributed by atoms with van der Waals surface area (Å²) < 4.78 is 2.10. The number of nitrogens with zero attached hydrogens (tertiary/aromatic N) is 2. The molecule has 0 spiro atoms. The number of hydrogen-bond acceptors (Lipinski definition) is 2. The first-order valence-electron chi connectivity index (χ1n) is 6.43. The number of aromatic nitrogens is 2. The molecule has 0 bridgehead atoms. The van der Waals surface area contributed by atoms with Gasteiger partial charge in [-0.3, -0.25) is 0 Å². The number of phenolic OH excluding ortho intramolecular Hbond substituents is 1. The van der Waals surface area contributed by atoms with E-state index >= 15 is 0 Å². The first-order valence-corrected chi connectivity index (χ1v) is 6.43. The van der Waals surface area contributed by atoms with Gasteiger partial charge in [0.05, 0.1) is 0 Å². The molecule has 3 rings (SSSR count). The summed E-state index contributed by atoms with van der Waals surface area (Å²) in [6.45, 7) is 2.82. The van der Waals surface area contributed by atoms with Gasteiger partial charge in [0.2, 0.25) is 0 Å². The van der Waals surface area contributed by atoms with Crippen LogP contribution in [0.5, 0.6) is 5.75 Å². The maximum absolute atomic E-state index is 10.1. The van der Waals surface area contributed by atoms with Crippen LogP contribution in [0.2, 0.25) is 0 Å². The summed E-state index contributed by atoms with van der Waals surface area (Å²) in [6, 6.07) is 11.9. The van der Waals surface area contributed by atoms with E-state index in [0.717, 1.165) is 35.1 Å². The molecule has 0 fully saturated rings. The number of phenols is 1. The number of fused-ring (bicyclic) bond motifs is 1. The zero-order chi connectivity index (χ0) is 13.2. The largest absolute Gasteiger partial charge is 0.508 e. The molecule has 0 radical (unpaired) electrons. The fourth-order valence-electron chi connectivity index (χ4n) is 2.46. The van der Waals surface area contributed by atoms with Crippen LogP contribution in [0, 0.1) is 6.92 Å². The van der Waals surface area contributed by atoms with Crippen molar-refractivity contribution in [3.8, 4) is 5.75 Å². The van der Waals surface area contributed by atoms with Gasteiger partial charge in [-0.2, -0.15) is 0 Å². The van der Waals surface area contributed by atoms with Gasteiger partial charge in [0, 0.05) is 24.5 Å². The molecule has 0 atom stereocenters. The Hall–Kier alpha value is -2.29. The molecule has 0 aliphatic rings. The zero-order valence-corrected chi connectivity index (χ0v) is 10.9. The normalized spacial score (nSPS) is 11.0. The molecular formula is C16H16N2O. The summed E-state index contributed by atoms with van der Waals surface area (Å²) >= 11 is 0. The van der Waals surface area contributed by atoms with E-state index in [-0.39, 0.29) is 0 Å². The highest BCUT2D eigenvalue weighted by Gasteiger charge is 2.07. The van der Waals surface area contributed by atoms with E-state index < -0.39 is 0 Å². The molecule has 19 heavy (non-hydrogen) atoms. The summed E-state index contributed by atoms with van der Waals surface area (Å²) in [4.78, 5) is 4.21. The van der Waals surface area contributed by atoms with Crippen molar-refractivity contribution in [3.63, 3.8) is 0 Å². The van der Waals surface area contributed by atoms with E-state index in [4.69, 9.17) is 0 Å². The third-order valence-electron chi connectivity index (χ3n) is 3.54. The van der Waals surface area contributed by atoms with Crippen molar-refractivity contribution in [2.45, 2.75) is 19.9 Å². The summed E-state index contributed by atoms with van der Waals surface area (Å²) in [5, 5.41) is 12.4. The number of rotatable bonds is 3. The molecule has 3 nitrogen and oxygen atoms in total. The Bertz CT molecular complexity index is 716. The number of aryl methyl sites for hydroxylation is 3. The Morgan fingerprint density at radius 3 is 2.79 bits per heavy atom. The highest BCUT2D eigenvalue weighted by atomic mass is 16.3. The predicted octanol–water partition coefficient (Wildman–Crippen LogP) is 3.29. The molecular weight excluding hydrogens is 236 g/mol. The second kappa shape index (κ2) is 4.76. The Labute approximate surface area is 112 Å². The van der Waals surface area contributed by atoms with E-state index in [1.165, 1.54) is 0 Å². The number of aromatic hydroxyl groups is 1. The van der Waals surface area contributed by atoms with Crippen LogP contribution >= 0.6 is 0 Å². The molecule has 96 valence electrons. The van der Waals surface area contributed by atoms with Crippen LogP contribution in [0.4, 0.5) is 0 Å². The lowest BCUT2D eigenvalue weighted by molar-refractivity contribution is 0.467. The molecule has 1 N–H and O–H groups in total. The molecule has 1 aromatic heterocycles. The molecule has 2 aromatic carbocycles. The maximum atomic E-state index is 10.1. The minimum atomic E-state index is 0.372. The standard InChI is InChI=1S/C16H16N2O/c1-12-17-9-11-18(12)10-8-15-14-5-3-2-4-13(14)6-7-16(15)19/h2-7,9,11,19H,8,10H2,1H3. The first kappa shape index (κ1) is 11.8. The summed E-state index contributed by atoms with van der Waals surface area (Å²) in [7, 11) is 0. The summed E-state index contributed by atoms with van der Waals surface area (Å²) in [5.74, 6) is 1.37. The van der Waals surface area contributed by atoms with E-state index in [9.17, 15) is 5.11 Å². The lowest BCUT2D eigenvalue weighted by Crippen LogP contribution is -2.03. The van der Waals surface area contributed by atoms with Crippen molar-refractivity contribution in [2.24, 2.45) is 0 Å². The van der Waals surface area contributed by atoms with Crippen molar-refractivity contribution < 1.29 is 5.11 Å². The van der Waals surface area contributed by atoms with Crippen molar-refractivity contribution in [2.75, 3.05) is 0 Å². The van der Waals surface area contributed by atoms with E-state index in [1.54, 1.807) is 12.3 Å². The Morgan fingerprint density at radius 2 is 2.00 bits per heavy atom. The molecule has 1 heterocycles. The highest BCUT2D eigenvalue weighted by molar-refractivity contribution is 5.87. The van der Waals surface area contributed by atoms with Crippen LogP contribution < -0.4 is 0 Å². The molecule has 0 saturated heterocycles. The van der Waals surface area contributed by atoms with Gasteiger partial charge in [0.25, 0.3) is 0 Å². The minimum Gasteiger partial charge on any atom is -0.508 e. The number of benzene rings is 2. The van der Waals surface area contributed by atoms with Gasteiger partial charge < -0.3 is 9.67 Å². The van der Waals surface area contributed by atoms with Crippen LogP contribution in [0.1, 0.15) is 11.4 Å². The van der Waals surface area contributed by atoms with Crippen LogP contribution in [-0.2, 0) is 13.0 Å². The smallest absolute Gasteiger partial charge is 0.119 e. The van der Waals surface area contributed by atoms with Gasteiger partial charge in [-0.25, -0.2) is 4.98 Å². The third kappa shape index (κ3) is 2.19. The number of imidazole rings is 1. The summed E-state index contributed by atoms with van der Waals surface area (Å²) in [5.41, 5.74) is 1.01. The number of hydrogen-bond donors (Lipinski definition) is 1. The molecule has 0 unspecified atom stereocenters. The lowest BCUT2D eigenvalue weighted by atomic mass is 10.0. The zero-order valence-electron chi connectivity index (χ0n) is 10.9. The van der Waals surface area contributed by atoms with Crippen LogP contribution in [-0.4, -0.2) is 14.7 Å². The molecule has 3 heteroatoms. The van der Waals surface area contributed by atoms with Crippen LogP contribution in [0.15, 0.2) is 48.8 Å². The molecule has 0 aliphatic carbocycles. The van der Waals surface area contributed by atoms with Gasteiger partial charge in [0.1, 0.15) is 11.6 Å². The van der Waals surface area contributed by atoms with Gasteiger partial charge in [-0.1, -0.05) is 30.3 Å². The van der Waals surface area contributed by atoms with E-state index in [0.29, 0.717) is 5.75 Å². The molecule has 0 amide bonds. The highest BCUT2D eigenvalue weighted by Crippen LogP contribution is 2.27. The van der Waals surface area contributed by atoms with Crippen LogP contribution in [0.3, 0.4) is 0 Å². The van der Waals surface area contributed by atoms with Gasteiger partial charge in [-0.05, 0) is 30.2 Å². The predicted molar refractivity (Wildman–Crippen MR) is 76.3 cm³/mol. The third-order valence-corrected chi connectivity index (χ3v) is 3.54. The van der Waals surface area contributed by atoms with E-state index in [2.05, 4.69) is 21.7 Å². The first-order chi connectivity index (χ1) is 9.25. The topological polar surface area (TPSA) is 38.0 Å². The SMILES string of the molecule is Cc1nccn1CCc1c(O)ccc2ccccc12. The average molecular weight is 252 g/mol. The van der Waals surface area contributed by atoms with Gasteiger partial charge in [0.15, 0.2) is 0 Å². The van der Waals surface area contributed by atoms with E-state index in [1.807, 2.05) is 31.3 Å². The molecule has 3 aromatic rings. The Morgan fingerprint density at radius 1 is 1.16 bits per heavy atom. The fourth-order valence-corrected chi connectivity index (χ4v) is 2.46. The van der Waals surface area contributed by atoms with Crippen LogP contribution in [0.25, 0.3) is 10.8 Å². The van der Waals surface area contributed by atoms with Crippen molar-refractivity contribution >= 4 is 10.8 Å². The Balaban J connectivity index is 1.96. The second-order valence-corrected chi connectivity index (χ2v) is 4.70. The lowest BCUT2D eigenvalue weighted by Gasteiger charge is -2.10. The fraction of sp³-hybridized carbons (Fsp3) is 0.188. The second-order valence-electron chi connectivity index (χ2n) is 4.70. The minimum absolute atomic E-state index is 0.372. The van der Waals surface area contributed by atoms with Gasteiger partial charge >= 0.3 is 0 Å². The monoisotopic (exact) mass is 252 g/mol. The van der Waals surface area contributed by atoms with Crippen molar-refractivity contribution in [1.29, 1.82) is 0 Å². The maximum Gasteiger partial charge on any atom is 0.119 e. The van der Waals surface area contributed by atoms with Gasteiger partial charge in [-0.15, -0.1) is 0 Å². The molecule has 0 aliphatic heterocycles.